The number of carbonyl (C=O) groups is 3. The Labute approximate surface area is 121 Å². The van der Waals surface area contributed by atoms with Crippen LogP contribution >= 0.6 is 0 Å². The summed E-state index contributed by atoms with van der Waals surface area (Å²) in [7, 11) is 4.14. The van der Waals surface area contributed by atoms with Gasteiger partial charge in [-0.3, -0.25) is 10.1 Å². The second kappa shape index (κ2) is 7.73. The Balaban J connectivity index is 2.76. The summed E-state index contributed by atoms with van der Waals surface area (Å²) in [6.45, 7) is -0.604. The maximum atomic E-state index is 12.0. The predicted octanol–water partition coefficient (Wildman–Crippen LogP) is 0.316. The molecule has 21 heavy (non-hydrogen) atoms. The standard InChI is InChI=1S/C13H16N2O6/c1-14-13(18)15-10(16)7-21-12(17)11-8(19-2)5-4-6-9(11)20-3/h4-6H,7H2,1-3H3,(H2,14,15,16,18). The van der Waals surface area contributed by atoms with Crippen molar-refractivity contribution in [1.29, 1.82) is 0 Å². The molecule has 0 atom stereocenters. The summed E-state index contributed by atoms with van der Waals surface area (Å²) < 4.78 is 14.9. The van der Waals surface area contributed by atoms with Gasteiger partial charge in [0.2, 0.25) is 0 Å². The van der Waals surface area contributed by atoms with Crippen molar-refractivity contribution in [1.82, 2.24) is 10.6 Å². The summed E-state index contributed by atoms with van der Waals surface area (Å²) in [5.74, 6) is -1.04. The first-order chi connectivity index (χ1) is 10.0. The topological polar surface area (TPSA) is 103 Å². The minimum atomic E-state index is -0.795. The fourth-order valence-electron chi connectivity index (χ4n) is 1.48. The lowest BCUT2D eigenvalue weighted by Crippen LogP contribution is -2.39. The van der Waals surface area contributed by atoms with Crippen LogP contribution in [0.2, 0.25) is 0 Å². The highest BCUT2D eigenvalue weighted by molar-refractivity contribution is 5.99. The molecule has 0 heterocycles. The van der Waals surface area contributed by atoms with Gasteiger partial charge >= 0.3 is 12.0 Å². The van der Waals surface area contributed by atoms with Crippen LogP contribution in [0, 0.1) is 0 Å². The summed E-state index contributed by atoms with van der Waals surface area (Å²) in [5, 5.41) is 4.17. The van der Waals surface area contributed by atoms with Gasteiger partial charge in [-0.15, -0.1) is 0 Å². The number of nitrogens with one attached hydrogen (secondary N) is 2. The molecular formula is C13H16N2O6. The number of hydrogen-bond donors (Lipinski definition) is 2. The second-order valence-corrected chi connectivity index (χ2v) is 3.74. The summed E-state index contributed by atoms with van der Waals surface area (Å²) in [6, 6.07) is 4.08. The number of ether oxygens (including phenoxy) is 3. The van der Waals surface area contributed by atoms with Gasteiger partial charge in [-0.05, 0) is 12.1 Å². The quantitative estimate of drug-likeness (QED) is 0.758. The third-order valence-corrected chi connectivity index (χ3v) is 2.45. The van der Waals surface area contributed by atoms with Gasteiger partial charge < -0.3 is 19.5 Å². The van der Waals surface area contributed by atoms with Gasteiger partial charge in [0, 0.05) is 7.05 Å². The molecule has 1 aromatic carbocycles. The van der Waals surface area contributed by atoms with Crippen molar-refractivity contribution >= 4 is 17.9 Å². The summed E-state index contributed by atoms with van der Waals surface area (Å²) in [5.41, 5.74) is 0.0650. The molecule has 0 aliphatic rings. The van der Waals surface area contributed by atoms with Crippen LogP contribution in [-0.4, -0.2) is 45.8 Å². The zero-order valence-corrected chi connectivity index (χ0v) is 11.9. The Morgan fingerprint density at radius 2 is 1.67 bits per heavy atom. The van der Waals surface area contributed by atoms with E-state index in [-0.39, 0.29) is 17.1 Å². The lowest BCUT2D eigenvalue weighted by molar-refractivity contribution is -0.123. The van der Waals surface area contributed by atoms with Crippen LogP contribution in [0.25, 0.3) is 0 Å². The number of urea groups is 1. The van der Waals surface area contributed by atoms with Crippen molar-refractivity contribution in [3.05, 3.63) is 23.8 Å². The van der Waals surface area contributed by atoms with E-state index in [9.17, 15) is 14.4 Å². The van der Waals surface area contributed by atoms with E-state index in [1.54, 1.807) is 18.2 Å². The molecule has 2 N–H and O–H groups in total. The number of amides is 3. The first-order valence-electron chi connectivity index (χ1n) is 5.93. The van der Waals surface area contributed by atoms with Crippen LogP contribution < -0.4 is 20.1 Å². The average molecular weight is 296 g/mol. The largest absolute Gasteiger partial charge is 0.496 e. The van der Waals surface area contributed by atoms with Crippen molar-refractivity contribution in [2.24, 2.45) is 0 Å². The van der Waals surface area contributed by atoms with Crippen LogP contribution in [0.3, 0.4) is 0 Å². The first kappa shape index (κ1) is 16.3. The fraction of sp³-hybridized carbons (Fsp3) is 0.308. The van der Waals surface area contributed by atoms with E-state index >= 15 is 0 Å². The van der Waals surface area contributed by atoms with Crippen molar-refractivity contribution in [2.45, 2.75) is 0 Å². The SMILES string of the molecule is CNC(=O)NC(=O)COC(=O)c1c(OC)cccc1OC. The molecular weight excluding hydrogens is 280 g/mol. The van der Waals surface area contributed by atoms with Crippen LogP contribution in [0.4, 0.5) is 4.79 Å². The smallest absolute Gasteiger partial charge is 0.346 e. The van der Waals surface area contributed by atoms with Crippen molar-refractivity contribution in [2.75, 3.05) is 27.9 Å². The van der Waals surface area contributed by atoms with Crippen molar-refractivity contribution in [3.8, 4) is 11.5 Å². The van der Waals surface area contributed by atoms with Gasteiger partial charge in [-0.1, -0.05) is 6.07 Å². The normalized spacial score (nSPS) is 9.48. The Morgan fingerprint density at radius 1 is 1.10 bits per heavy atom. The van der Waals surface area contributed by atoms with Crippen LogP contribution in [0.5, 0.6) is 11.5 Å². The molecule has 3 amide bonds. The minimum Gasteiger partial charge on any atom is -0.496 e. The Kier molecular flexibility index (Phi) is 5.99. The molecule has 8 heteroatoms. The number of methoxy groups -OCH3 is 2. The van der Waals surface area contributed by atoms with Gasteiger partial charge in [-0.2, -0.15) is 0 Å². The molecule has 1 rings (SSSR count). The maximum Gasteiger partial charge on any atom is 0.346 e. The zero-order valence-electron chi connectivity index (χ0n) is 11.9. The Morgan fingerprint density at radius 3 is 2.14 bits per heavy atom. The fourth-order valence-corrected chi connectivity index (χ4v) is 1.48. The highest BCUT2D eigenvalue weighted by Crippen LogP contribution is 2.28. The van der Waals surface area contributed by atoms with Gasteiger partial charge in [0.15, 0.2) is 6.61 Å². The lowest BCUT2D eigenvalue weighted by atomic mass is 10.2. The Hall–Kier alpha value is -2.77. The molecule has 0 aliphatic heterocycles. The van der Waals surface area contributed by atoms with Crippen LogP contribution in [0.1, 0.15) is 10.4 Å². The first-order valence-corrected chi connectivity index (χ1v) is 5.93. The van der Waals surface area contributed by atoms with E-state index in [4.69, 9.17) is 14.2 Å². The van der Waals surface area contributed by atoms with E-state index in [0.717, 1.165) is 0 Å². The number of carbonyl (C=O) groups excluding carboxylic acids is 3. The summed E-state index contributed by atoms with van der Waals surface area (Å²) >= 11 is 0. The highest BCUT2D eigenvalue weighted by Gasteiger charge is 2.20. The van der Waals surface area contributed by atoms with Crippen LogP contribution in [-0.2, 0) is 9.53 Å². The van der Waals surface area contributed by atoms with Crippen molar-refractivity contribution < 1.29 is 28.6 Å². The molecule has 0 bridgehead atoms. The maximum absolute atomic E-state index is 12.0. The number of imide groups is 1. The predicted molar refractivity (Wildman–Crippen MR) is 72.4 cm³/mol. The van der Waals surface area contributed by atoms with E-state index in [1.807, 2.05) is 5.32 Å². The van der Waals surface area contributed by atoms with Gasteiger partial charge in [-0.25, -0.2) is 9.59 Å². The molecule has 8 nitrogen and oxygen atoms in total. The molecule has 0 aliphatic carbocycles. The Bertz CT molecular complexity index is 521. The van der Waals surface area contributed by atoms with Gasteiger partial charge in [0.25, 0.3) is 5.91 Å². The lowest BCUT2D eigenvalue weighted by Gasteiger charge is -2.12. The molecule has 0 saturated carbocycles. The van der Waals surface area contributed by atoms with Gasteiger partial charge in [0.05, 0.1) is 14.2 Å². The monoisotopic (exact) mass is 296 g/mol. The minimum absolute atomic E-state index is 0.0650. The molecule has 0 unspecified atom stereocenters. The van der Waals surface area contributed by atoms with Crippen LogP contribution in [0.15, 0.2) is 18.2 Å². The third kappa shape index (κ3) is 4.37. The van der Waals surface area contributed by atoms with E-state index in [2.05, 4.69) is 5.32 Å². The van der Waals surface area contributed by atoms with Gasteiger partial charge in [0.1, 0.15) is 17.1 Å². The molecule has 0 saturated heterocycles. The molecule has 1 aromatic rings. The van der Waals surface area contributed by atoms with E-state index in [1.165, 1.54) is 21.3 Å². The number of esters is 1. The highest BCUT2D eigenvalue weighted by atomic mass is 16.5. The second-order valence-electron chi connectivity index (χ2n) is 3.74. The van der Waals surface area contributed by atoms with E-state index in [0.29, 0.717) is 0 Å². The molecule has 114 valence electrons. The number of hydrogen-bond acceptors (Lipinski definition) is 6. The number of rotatable bonds is 5. The summed E-state index contributed by atoms with van der Waals surface area (Å²) in [6.07, 6.45) is 0. The molecule has 0 spiro atoms. The number of benzene rings is 1. The molecule has 0 fully saturated rings. The average Bonchev–Trinajstić information content (AvgIpc) is 2.51. The molecule has 0 aromatic heterocycles. The third-order valence-electron chi connectivity index (χ3n) is 2.45. The zero-order chi connectivity index (χ0) is 15.8. The molecule has 0 radical (unpaired) electrons. The summed E-state index contributed by atoms with van der Waals surface area (Å²) in [4.78, 5) is 34.3. The van der Waals surface area contributed by atoms with Crippen molar-refractivity contribution in [3.63, 3.8) is 0 Å². The van der Waals surface area contributed by atoms with E-state index < -0.39 is 24.5 Å².